The topological polar surface area (TPSA) is 42.4 Å². The molecule has 1 aromatic rings. The number of amides is 1. The molecule has 0 aromatic carbocycles. The Bertz CT molecular complexity index is 428. The van der Waals surface area contributed by atoms with E-state index in [2.05, 4.69) is 4.98 Å². The zero-order valence-corrected chi connectivity index (χ0v) is 13.1. The normalized spacial score (nSPS) is 18.0. The van der Waals surface area contributed by atoms with Crippen LogP contribution in [-0.2, 0) is 16.1 Å². The van der Waals surface area contributed by atoms with Crippen molar-refractivity contribution < 1.29 is 9.53 Å². The maximum atomic E-state index is 12.4. The van der Waals surface area contributed by atoms with Crippen LogP contribution in [0.5, 0.6) is 0 Å². The van der Waals surface area contributed by atoms with Crippen molar-refractivity contribution >= 4 is 5.91 Å². The Morgan fingerprint density at radius 3 is 2.67 bits per heavy atom. The minimum atomic E-state index is -0.373. The van der Waals surface area contributed by atoms with Gasteiger partial charge in [-0.25, -0.2) is 0 Å². The van der Waals surface area contributed by atoms with E-state index in [1.165, 1.54) is 25.7 Å². The molecule has 0 N–H and O–H groups in total. The number of likely N-dealkylation sites (N-methyl/N-ethyl adjacent to an activating group) is 1. The SMILES string of the molecule is CC(OC1CCCCCC1)C(=O)N(C)Cc1ccccn1. The molecule has 0 saturated heterocycles. The van der Waals surface area contributed by atoms with Crippen LogP contribution in [0.25, 0.3) is 0 Å². The number of hydrogen-bond donors (Lipinski definition) is 0. The van der Waals surface area contributed by atoms with Gasteiger partial charge in [-0.15, -0.1) is 0 Å². The van der Waals surface area contributed by atoms with E-state index in [9.17, 15) is 4.79 Å². The van der Waals surface area contributed by atoms with Crippen molar-refractivity contribution in [2.45, 2.75) is 64.2 Å². The Morgan fingerprint density at radius 2 is 2.05 bits per heavy atom. The second-order valence-electron chi connectivity index (χ2n) is 5.91. The summed E-state index contributed by atoms with van der Waals surface area (Å²) in [5.41, 5.74) is 0.898. The quantitative estimate of drug-likeness (QED) is 0.782. The van der Waals surface area contributed by atoms with Gasteiger partial charge in [-0.3, -0.25) is 9.78 Å². The number of rotatable bonds is 5. The molecule has 0 bridgehead atoms. The van der Waals surface area contributed by atoms with Gasteiger partial charge in [0.15, 0.2) is 0 Å². The van der Waals surface area contributed by atoms with Gasteiger partial charge in [0.05, 0.1) is 18.3 Å². The largest absolute Gasteiger partial charge is 0.365 e. The second-order valence-corrected chi connectivity index (χ2v) is 5.91. The zero-order valence-electron chi connectivity index (χ0n) is 13.1. The zero-order chi connectivity index (χ0) is 15.1. The molecular formula is C17H26N2O2. The summed E-state index contributed by atoms with van der Waals surface area (Å²) >= 11 is 0. The molecule has 1 saturated carbocycles. The summed E-state index contributed by atoms with van der Waals surface area (Å²) in [6.07, 6.45) is 8.81. The molecule has 1 unspecified atom stereocenters. The Kier molecular flexibility index (Phi) is 6.18. The van der Waals surface area contributed by atoms with Crippen molar-refractivity contribution in [1.82, 2.24) is 9.88 Å². The maximum absolute atomic E-state index is 12.4. The van der Waals surface area contributed by atoms with E-state index in [0.717, 1.165) is 18.5 Å². The Balaban J connectivity index is 1.83. The highest BCUT2D eigenvalue weighted by atomic mass is 16.5. The Hall–Kier alpha value is -1.42. The van der Waals surface area contributed by atoms with Crippen LogP contribution in [-0.4, -0.2) is 35.0 Å². The van der Waals surface area contributed by atoms with Gasteiger partial charge in [0.2, 0.25) is 0 Å². The van der Waals surface area contributed by atoms with Crippen molar-refractivity contribution in [3.05, 3.63) is 30.1 Å². The van der Waals surface area contributed by atoms with Crippen molar-refractivity contribution in [1.29, 1.82) is 0 Å². The molecule has 116 valence electrons. The lowest BCUT2D eigenvalue weighted by atomic mass is 10.1. The van der Waals surface area contributed by atoms with Gasteiger partial charge >= 0.3 is 0 Å². The first-order valence-electron chi connectivity index (χ1n) is 7.97. The minimum absolute atomic E-state index is 0.0323. The summed E-state index contributed by atoms with van der Waals surface area (Å²) in [7, 11) is 1.81. The van der Waals surface area contributed by atoms with Gasteiger partial charge in [-0.1, -0.05) is 31.7 Å². The lowest BCUT2D eigenvalue weighted by Gasteiger charge is -2.25. The molecule has 4 nitrogen and oxygen atoms in total. The van der Waals surface area contributed by atoms with Crippen LogP contribution in [0.1, 0.15) is 51.1 Å². The maximum Gasteiger partial charge on any atom is 0.251 e. The summed E-state index contributed by atoms with van der Waals surface area (Å²) in [6.45, 7) is 2.39. The lowest BCUT2D eigenvalue weighted by molar-refractivity contribution is -0.146. The van der Waals surface area contributed by atoms with E-state index in [-0.39, 0.29) is 18.1 Å². The van der Waals surface area contributed by atoms with Crippen LogP contribution >= 0.6 is 0 Å². The molecule has 1 aromatic heterocycles. The Morgan fingerprint density at radius 1 is 1.33 bits per heavy atom. The molecule has 0 radical (unpaired) electrons. The van der Waals surface area contributed by atoms with Crippen LogP contribution in [0, 0.1) is 0 Å². The number of nitrogens with zero attached hydrogens (tertiary/aromatic N) is 2. The van der Waals surface area contributed by atoms with Crippen LogP contribution in [0.15, 0.2) is 24.4 Å². The molecule has 1 fully saturated rings. The minimum Gasteiger partial charge on any atom is -0.365 e. The van der Waals surface area contributed by atoms with E-state index in [0.29, 0.717) is 6.54 Å². The van der Waals surface area contributed by atoms with E-state index >= 15 is 0 Å². The molecule has 1 aliphatic carbocycles. The van der Waals surface area contributed by atoms with Gasteiger partial charge in [0.25, 0.3) is 5.91 Å². The van der Waals surface area contributed by atoms with Crippen molar-refractivity contribution in [2.24, 2.45) is 0 Å². The first kappa shape index (κ1) is 16.0. The molecule has 1 aliphatic rings. The molecule has 21 heavy (non-hydrogen) atoms. The summed E-state index contributed by atoms with van der Waals surface area (Å²) < 4.78 is 5.98. The molecule has 0 spiro atoms. The third kappa shape index (κ3) is 5.12. The predicted molar refractivity (Wildman–Crippen MR) is 82.7 cm³/mol. The number of pyridine rings is 1. The Labute approximate surface area is 127 Å². The summed E-state index contributed by atoms with van der Waals surface area (Å²) in [6, 6.07) is 5.75. The van der Waals surface area contributed by atoms with Gasteiger partial charge in [0, 0.05) is 13.2 Å². The number of ether oxygens (including phenoxy) is 1. The number of hydrogen-bond acceptors (Lipinski definition) is 3. The van der Waals surface area contributed by atoms with Crippen LogP contribution < -0.4 is 0 Å². The highest BCUT2D eigenvalue weighted by molar-refractivity contribution is 5.80. The molecule has 0 aliphatic heterocycles. The van der Waals surface area contributed by atoms with Crippen LogP contribution in [0.4, 0.5) is 0 Å². The third-order valence-electron chi connectivity index (χ3n) is 4.05. The molecular weight excluding hydrogens is 264 g/mol. The average Bonchev–Trinajstić information content (AvgIpc) is 2.76. The highest BCUT2D eigenvalue weighted by Crippen LogP contribution is 2.21. The van der Waals surface area contributed by atoms with Gasteiger partial charge < -0.3 is 9.64 Å². The number of carbonyl (C=O) groups excluding carboxylic acids is 1. The van der Waals surface area contributed by atoms with Crippen molar-refractivity contribution in [2.75, 3.05) is 7.05 Å². The molecule has 1 amide bonds. The fourth-order valence-electron chi connectivity index (χ4n) is 2.85. The molecule has 4 heteroatoms. The van der Waals surface area contributed by atoms with E-state index in [1.807, 2.05) is 32.2 Å². The lowest BCUT2D eigenvalue weighted by Crippen LogP contribution is -2.38. The average molecular weight is 290 g/mol. The fraction of sp³-hybridized carbons (Fsp3) is 0.647. The summed E-state index contributed by atoms with van der Waals surface area (Å²) in [5, 5.41) is 0. The van der Waals surface area contributed by atoms with Crippen molar-refractivity contribution in [3.63, 3.8) is 0 Å². The third-order valence-corrected chi connectivity index (χ3v) is 4.05. The van der Waals surface area contributed by atoms with E-state index in [1.54, 1.807) is 11.1 Å². The van der Waals surface area contributed by atoms with Gasteiger partial charge in [0.1, 0.15) is 6.10 Å². The highest BCUT2D eigenvalue weighted by Gasteiger charge is 2.23. The summed E-state index contributed by atoms with van der Waals surface area (Å²) in [4.78, 5) is 18.3. The first-order chi connectivity index (χ1) is 10.2. The molecule has 1 heterocycles. The number of aromatic nitrogens is 1. The molecule has 1 atom stereocenters. The smallest absolute Gasteiger partial charge is 0.251 e. The van der Waals surface area contributed by atoms with Crippen LogP contribution in [0.3, 0.4) is 0 Å². The van der Waals surface area contributed by atoms with E-state index in [4.69, 9.17) is 4.74 Å². The van der Waals surface area contributed by atoms with Gasteiger partial charge in [-0.2, -0.15) is 0 Å². The summed E-state index contributed by atoms with van der Waals surface area (Å²) in [5.74, 6) is 0.0323. The number of carbonyl (C=O) groups is 1. The molecule has 2 rings (SSSR count). The fourth-order valence-corrected chi connectivity index (χ4v) is 2.85. The standard InChI is InChI=1S/C17H26N2O2/c1-14(21-16-10-5-3-4-6-11-16)17(20)19(2)13-15-9-7-8-12-18-15/h7-9,12,14,16H,3-6,10-11,13H2,1-2H3. The monoisotopic (exact) mass is 290 g/mol. The second kappa shape index (κ2) is 8.13. The van der Waals surface area contributed by atoms with Crippen molar-refractivity contribution in [3.8, 4) is 0 Å². The first-order valence-corrected chi connectivity index (χ1v) is 7.97. The predicted octanol–water partition coefficient (Wildman–Crippen LogP) is 3.17. The van der Waals surface area contributed by atoms with Gasteiger partial charge in [-0.05, 0) is 31.9 Å². The van der Waals surface area contributed by atoms with E-state index < -0.39 is 0 Å². The van der Waals surface area contributed by atoms with Crippen LogP contribution in [0.2, 0.25) is 0 Å².